The number of nitrogens with zero attached hydrogens (tertiary/aromatic N) is 3. The van der Waals surface area contributed by atoms with Crippen LogP contribution >= 0.6 is 23.2 Å². The molecule has 1 spiro atoms. The maximum absolute atomic E-state index is 12.4. The molecular weight excluding hydrogens is 289 g/mol. The van der Waals surface area contributed by atoms with Crippen LogP contribution in [0.3, 0.4) is 0 Å². The molecule has 2 atom stereocenters. The minimum Gasteiger partial charge on any atom is -0.274 e. The topological polar surface area (TPSA) is 62.1 Å². The van der Waals surface area contributed by atoms with Crippen LogP contribution in [0.2, 0.25) is 5.02 Å². The van der Waals surface area contributed by atoms with Crippen molar-refractivity contribution in [2.24, 2.45) is 10.2 Å². The van der Waals surface area contributed by atoms with Gasteiger partial charge in [-0.3, -0.25) is 9.59 Å². The van der Waals surface area contributed by atoms with Crippen molar-refractivity contribution in [1.29, 1.82) is 0 Å². The van der Waals surface area contributed by atoms with Gasteiger partial charge in [0.05, 0.1) is 12.1 Å². The highest BCUT2D eigenvalue weighted by Crippen LogP contribution is 2.41. The first-order valence-corrected chi connectivity index (χ1v) is 6.52. The summed E-state index contributed by atoms with van der Waals surface area (Å²) < 4.78 is 0. The summed E-state index contributed by atoms with van der Waals surface area (Å²) >= 11 is 11.7. The van der Waals surface area contributed by atoms with Gasteiger partial charge in [0.1, 0.15) is 5.50 Å². The summed E-state index contributed by atoms with van der Waals surface area (Å²) in [5.41, 5.74) is -1.21. The van der Waals surface area contributed by atoms with Crippen molar-refractivity contribution in [2.75, 3.05) is 4.90 Å². The number of hydrogen-bond acceptors (Lipinski definition) is 4. The molecule has 0 bridgehead atoms. The van der Waals surface area contributed by atoms with Gasteiger partial charge in [0.15, 0.2) is 5.54 Å². The monoisotopic (exact) mass is 297 g/mol. The summed E-state index contributed by atoms with van der Waals surface area (Å²) in [5.74, 6) is -0.691. The van der Waals surface area contributed by atoms with Crippen LogP contribution in [0.25, 0.3) is 0 Å². The zero-order chi connectivity index (χ0) is 13.6. The Hall–Kier alpha value is -1.46. The number of alkyl halides is 1. The maximum Gasteiger partial charge on any atom is 0.264 e. The van der Waals surface area contributed by atoms with Crippen LogP contribution in [-0.2, 0) is 9.59 Å². The van der Waals surface area contributed by atoms with E-state index in [1.165, 1.54) is 0 Å². The van der Waals surface area contributed by atoms with E-state index >= 15 is 0 Å². The molecule has 0 radical (unpaired) electrons. The molecule has 3 rings (SSSR count). The Morgan fingerprint density at radius 3 is 2.79 bits per heavy atom. The Morgan fingerprint density at radius 1 is 1.37 bits per heavy atom. The molecule has 19 heavy (non-hydrogen) atoms. The average Bonchev–Trinajstić information content (AvgIpc) is 2.82. The number of anilines is 1. The normalized spacial score (nSPS) is 29.8. The summed E-state index contributed by atoms with van der Waals surface area (Å²) in [6, 6.07) is 6.59. The van der Waals surface area contributed by atoms with Crippen molar-refractivity contribution in [3.63, 3.8) is 0 Å². The number of benzene rings is 1. The van der Waals surface area contributed by atoms with Crippen molar-refractivity contribution in [1.82, 2.24) is 0 Å². The number of rotatable bonds is 1. The van der Waals surface area contributed by atoms with Gasteiger partial charge in [-0.15, -0.1) is 0 Å². The molecule has 2 aliphatic heterocycles. The fourth-order valence-electron chi connectivity index (χ4n) is 2.37. The fourth-order valence-corrected chi connectivity index (χ4v) is 2.86. The molecule has 5 nitrogen and oxygen atoms in total. The lowest BCUT2D eigenvalue weighted by Crippen LogP contribution is -2.38. The summed E-state index contributed by atoms with van der Waals surface area (Å²) in [5, 5.41) is 8.15. The van der Waals surface area contributed by atoms with Crippen LogP contribution in [0, 0.1) is 0 Å². The minimum atomic E-state index is -1.12. The predicted molar refractivity (Wildman–Crippen MR) is 70.4 cm³/mol. The molecular formula is C12H9Cl2N3O2. The largest absolute Gasteiger partial charge is 0.274 e. The number of halogens is 2. The van der Waals surface area contributed by atoms with Crippen LogP contribution in [0.5, 0.6) is 0 Å². The van der Waals surface area contributed by atoms with Gasteiger partial charge < -0.3 is 0 Å². The van der Waals surface area contributed by atoms with E-state index < -0.39 is 11.0 Å². The summed E-state index contributed by atoms with van der Waals surface area (Å²) in [6.07, 6.45) is 0.265. The number of carbonyl (C=O) groups excluding carboxylic acids is 2. The third kappa shape index (κ3) is 1.93. The molecule has 0 saturated carbocycles. The van der Waals surface area contributed by atoms with E-state index in [2.05, 4.69) is 10.2 Å². The zero-order valence-electron chi connectivity index (χ0n) is 9.72. The number of amides is 2. The standard InChI is InChI=1S/C12H9Cl2N3O2/c13-7-2-1-3-8(4-7)17-10(18)6-12(11(17)19)5-9(14)15-16-12/h1-4,9H,5-6H2/t9-,12+/m1/s1. The van der Waals surface area contributed by atoms with Crippen LogP contribution in [0.1, 0.15) is 12.8 Å². The Balaban J connectivity index is 1.99. The molecule has 1 fully saturated rings. The summed E-state index contributed by atoms with van der Waals surface area (Å²) in [6.45, 7) is 0. The minimum absolute atomic E-state index is 0.00503. The number of imide groups is 1. The van der Waals surface area contributed by atoms with E-state index in [1.54, 1.807) is 24.3 Å². The molecule has 0 unspecified atom stereocenters. The molecule has 0 aliphatic carbocycles. The molecule has 0 N–H and O–H groups in total. The zero-order valence-corrected chi connectivity index (χ0v) is 11.2. The van der Waals surface area contributed by atoms with Crippen molar-refractivity contribution in [3.8, 4) is 0 Å². The number of carbonyl (C=O) groups is 2. The van der Waals surface area contributed by atoms with E-state index in [4.69, 9.17) is 23.2 Å². The lowest BCUT2D eigenvalue weighted by molar-refractivity contribution is -0.122. The quantitative estimate of drug-likeness (QED) is 0.454. The highest BCUT2D eigenvalue weighted by Gasteiger charge is 2.56. The Labute approximate surface area is 119 Å². The molecule has 2 aliphatic rings. The Morgan fingerprint density at radius 2 is 2.16 bits per heavy atom. The molecule has 98 valence electrons. The first kappa shape index (κ1) is 12.6. The lowest BCUT2D eigenvalue weighted by Gasteiger charge is -2.18. The smallest absolute Gasteiger partial charge is 0.264 e. The summed E-state index contributed by atoms with van der Waals surface area (Å²) in [7, 11) is 0. The average molecular weight is 298 g/mol. The van der Waals surface area contributed by atoms with E-state index in [0.29, 0.717) is 10.7 Å². The third-order valence-electron chi connectivity index (χ3n) is 3.24. The fraction of sp³-hybridized carbons (Fsp3) is 0.333. The van der Waals surface area contributed by atoms with Gasteiger partial charge in [-0.25, -0.2) is 4.90 Å². The molecule has 7 heteroatoms. The first-order chi connectivity index (χ1) is 9.02. The number of hydrogen-bond donors (Lipinski definition) is 0. The van der Waals surface area contributed by atoms with Crippen LogP contribution in [0.15, 0.2) is 34.5 Å². The van der Waals surface area contributed by atoms with Gasteiger partial charge >= 0.3 is 0 Å². The van der Waals surface area contributed by atoms with Gasteiger partial charge in [0, 0.05) is 11.4 Å². The highest BCUT2D eigenvalue weighted by atomic mass is 35.5. The SMILES string of the molecule is O=C1C[C@@]2(C[C@H](Cl)N=N2)C(=O)N1c1cccc(Cl)c1. The maximum atomic E-state index is 12.4. The summed E-state index contributed by atoms with van der Waals surface area (Å²) in [4.78, 5) is 25.6. The molecule has 2 amide bonds. The number of azo groups is 1. The molecule has 0 aromatic heterocycles. The second-order valence-corrected chi connectivity index (χ2v) is 5.52. The van der Waals surface area contributed by atoms with Crippen molar-refractivity contribution in [3.05, 3.63) is 29.3 Å². The van der Waals surface area contributed by atoms with Crippen molar-refractivity contribution >= 4 is 40.7 Å². The van der Waals surface area contributed by atoms with Gasteiger partial charge in [-0.1, -0.05) is 29.3 Å². The van der Waals surface area contributed by atoms with Crippen LogP contribution in [0.4, 0.5) is 5.69 Å². The van der Waals surface area contributed by atoms with E-state index in [-0.39, 0.29) is 24.7 Å². The van der Waals surface area contributed by atoms with Gasteiger partial charge in [-0.05, 0) is 18.2 Å². The predicted octanol–water partition coefficient (Wildman–Crippen LogP) is 2.76. The van der Waals surface area contributed by atoms with Gasteiger partial charge in [0.25, 0.3) is 5.91 Å². The second-order valence-electron chi connectivity index (χ2n) is 4.58. The van der Waals surface area contributed by atoms with Crippen LogP contribution < -0.4 is 4.90 Å². The Bertz CT molecular complexity index is 604. The van der Waals surface area contributed by atoms with Gasteiger partial charge in [0.2, 0.25) is 5.91 Å². The van der Waals surface area contributed by atoms with Gasteiger partial charge in [-0.2, -0.15) is 10.2 Å². The Kier molecular flexibility index (Phi) is 2.83. The molecule has 1 aromatic rings. The first-order valence-electron chi connectivity index (χ1n) is 5.71. The van der Waals surface area contributed by atoms with E-state index in [0.717, 1.165) is 4.90 Å². The van der Waals surface area contributed by atoms with Crippen LogP contribution in [-0.4, -0.2) is 22.9 Å². The second kappa shape index (κ2) is 4.28. The third-order valence-corrected chi connectivity index (χ3v) is 3.72. The lowest BCUT2D eigenvalue weighted by atomic mass is 9.95. The van der Waals surface area contributed by atoms with E-state index in [9.17, 15) is 9.59 Å². The molecule has 1 aromatic carbocycles. The molecule has 2 heterocycles. The highest BCUT2D eigenvalue weighted by molar-refractivity contribution is 6.31. The molecule has 1 saturated heterocycles. The van der Waals surface area contributed by atoms with E-state index in [1.807, 2.05) is 0 Å². The van der Waals surface area contributed by atoms with Crippen molar-refractivity contribution in [2.45, 2.75) is 23.9 Å². The van der Waals surface area contributed by atoms with Crippen molar-refractivity contribution < 1.29 is 9.59 Å².